The van der Waals surface area contributed by atoms with Crippen molar-refractivity contribution in [2.45, 2.75) is 13.0 Å². The van der Waals surface area contributed by atoms with Crippen molar-refractivity contribution in [1.29, 1.82) is 0 Å². The van der Waals surface area contributed by atoms with Crippen LogP contribution >= 0.6 is 22.9 Å². The summed E-state index contributed by atoms with van der Waals surface area (Å²) in [5.41, 5.74) is 0. The van der Waals surface area contributed by atoms with Gasteiger partial charge in [0.25, 0.3) is 11.8 Å². The summed E-state index contributed by atoms with van der Waals surface area (Å²) in [6, 6.07) is 9.28. The van der Waals surface area contributed by atoms with E-state index in [9.17, 15) is 14.4 Å². The van der Waals surface area contributed by atoms with Gasteiger partial charge in [0.15, 0.2) is 11.9 Å². The second kappa shape index (κ2) is 8.68. The van der Waals surface area contributed by atoms with Crippen LogP contribution in [0.4, 0.5) is 10.8 Å². The minimum Gasteiger partial charge on any atom is -0.459 e. The van der Waals surface area contributed by atoms with E-state index in [1.54, 1.807) is 18.2 Å². The van der Waals surface area contributed by atoms with E-state index in [1.165, 1.54) is 37.6 Å². The number of nitrogens with one attached hydrogen (secondary N) is 2. The van der Waals surface area contributed by atoms with Crippen LogP contribution in [0.3, 0.4) is 0 Å². The number of esters is 1. The van der Waals surface area contributed by atoms with Crippen LogP contribution in [0.1, 0.15) is 27.2 Å². The molecule has 0 spiro atoms. The van der Waals surface area contributed by atoms with E-state index in [1.807, 2.05) is 0 Å². The van der Waals surface area contributed by atoms with E-state index in [4.69, 9.17) is 20.8 Å². The second-order valence-electron chi connectivity index (χ2n) is 5.49. The van der Waals surface area contributed by atoms with Crippen molar-refractivity contribution in [3.8, 4) is 0 Å². The number of nitrogens with zero attached hydrogens (tertiary/aromatic N) is 1. The van der Waals surface area contributed by atoms with Crippen molar-refractivity contribution in [2.75, 3.05) is 10.6 Å². The number of carbonyl (C=O) groups excluding carboxylic acids is 3. The van der Waals surface area contributed by atoms with Crippen molar-refractivity contribution in [3.63, 3.8) is 0 Å². The molecule has 3 heterocycles. The van der Waals surface area contributed by atoms with Gasteiger partial charge in [0.1, 0.15) is 10.7 Å². The van der Waals surface area contributed by atoms with Gasteiger partial charge in [-0.3, -0.25) is 9.59 Å². The summed E-state index contributed by atoms with van der Waals surface area (Å²) >= 11 is 6.75. The molecule has 0 bridgehead atoms. The molecule has 0 saturated carbocycles. The molecule has 3 rings (SSSR count). The maximum absolute atomic E-state index is 12.2. The van der Waals surface area contributed by atoms with E-state index < -0.39 is 23.9 Å². The largest absolute Gasteiger partial charge is 0.459 e. The summed E-state index contributed by atoms with van der Waals surface area (Å²) in [6.07, 6.45) is 1.73. The maximum atomic E-state index is 12.2. The van der Waals surface area contributed by atoms with Gasteiger partial charge in [-0.25, -0.2) is 9.78 Å². The molecule has 1 unspecified atom stereocenters. The maximum Gasteiger partial charge on any atom is 0.349 e. The standard InChI is InChI=1S/C18H14ClN3O5S/c1-10(16(23)21-14-6-4-11(19)9-20-14)27-18(25)13-5-7-15(28-13)22-17(24)12-3-2-8-26-12/h2-10H,1H3,(H,22,24)(H,20,21,23). The lowest BCUT2D eigenvalue weighted by atomic mass is 10.3. The molecular weight excluding hydrogens is 406 g/mol. The molecule has 3 aromatic heterocycles. The number of hydrogen-bond acceptors (Lipinski definition) is 7. The molecule has 0 fully saturated rings. The van der Waals surface area contributed by atoms with Gasteiger partial charge in [0.05, 0.1) is 16.3 Å². The Morgan fingerprint density at radius 1 is 1.18 bits per heavy atom. The van der Waals surface area contributed by atoms with Gasteiger partial charge < -0.3 is 19.8 Å². The SMILES string of the molecule is CC(OC(=O)c1ccc(NC(=O)c2ccco2)s1)C(=O)Nc1ccc(Cl)cn1. The summed E-state index contributed by atoms with van der Waals surface area (Å²) in [7, 11) is 0. The van der Waals surface area contributed by atoms with Crippen molar-refractivity contribution >= 4 is 51.5 Å². The van der Waals surface area contributed by atoms with Gasteiger partial charge in [-0.05, 0) is 43.3 Å². The molecule has 1 atom stereocenters. The Balaban J connectivity index is 1.55. The average molecular weight is 420 g/mol. The molecule has 8 nitrogen and oxygen atoms in total. The smallest absolute Gasteiger partial charge is 0.349 e. The molecule has 2 N–H and O–H groups in total. The number of amides is 2. The fourth-order valence-corrected chi connectivity index (χ4v) is 2.94. The number of aromatic nitrogens is 1. The van der Waals surface area contributed by atoms with Gasteiger partial charge in [-0.15, -0.1) is 11.3 Å². The molecule has 0 saturated heterocycles. The number of hydrogen-bond donors (Lipinski definition) is 2. The third kappa shape index (κ3) is 4.96. The van der Waals surface area contributed by atoms with E-state index >= 15 is 0 Å². The molecule has 10 heteroatoms. The predicted octanol–water partition coefficient (Wildman–Crippen LogP) is 3.83. The van der Waals surface area contributed by atoms with Crippen molar-refractivity contribution < 1.29 is 23.5 Å². The number of thiophene rings is 1. The Hall–Kier alpha value is -3.17. The molecule has 3 aromatic rings. The van der Waals surface area contributed by atoms with Gasteiger partial charge in [-0.1, -0.05) is 11.6 Å². The van der Waals surface area contributed by atoms with Crippen LogP contribution in [0.5, 0.6) is 0 Å². The lowest BCUT2D eigenvalue weighted by Gasteiger charge is -2.12. The van der Waals surface area contributed by atoms with Gasteiger partial charge in [-0.2, -0.15) is 0 Å². The highest BCUT2D eigenvalue weighted by molar-refractivity contribution is 7.18. The zero-order valence-corrected chi connectivity index (χ0v) is 16.0. The monoisotopic (exact) mass is 419 g/mol. The van der Waals surface area contributed by atoms with Crippen LogP contribution in [0, 0.1) is 0 Å². The molecule has 2 amide bonds. The topological polar surface area (TPSA) is 111 Å². The fourth-order valence-electron chi connectivity index (χ4n) is 2.05. The molecule has 0 radical (unpaired) electrons. The van der Waals surface area contributed by atoms with E-state index in [2.05, 4.69) is 15.6 Å². The zero-order valence-electron chi connectivity index (χ0n) is 14.5. The third-order valence-electron chi connectivity index (χ3n) is 3.42. The Bertz CT molecular complexity index is 985. The van der Waals surface area contributed by atoms with E-state index in [-0.39, 0.29) is 16.5 Å². The highest BCUT2D eigenvalue weighted by Gasteiger charge is 2.21. The molecule has 0 aliphatic carbocycles. The van der Waals surface area contributed by atoms with Gasteiger partial charge >= 0.3 is 5.97 Å². The first-order chi connectivity index (χ1) is 13.4. The molecule has 0 aliphatic heterocycles. The molecular formula is C18H14ClN3O5S. The van der Waals surface area contributed by atoms with Crippen LogP contribution in [-0.2, 0) is 9.53 Å². The predicted molar refractivity (Wildman–Crippen MR) is 104 cm³/mol. The summed E-state index contributed by atoms with van der Waals surface area (Å²) in [5, 5.41) is 6.01. The number of furan rings is 1. The number of ether oxygens (including phenoxy) is 1. The van der Waals surface area contributed by atoms with Crippen LogP contribution in [0.15, 0.2) is 53.3 Å². The number of rotatable bonds is 6. The quantitative estimate of drug-likeness (QED) is 0.587. The first kappa shape index (κ1) is 19.6. The number of halogens is 1. The first-order valence-corrected chi connectivity index (χ1v) is 9.20. The number of carbonyl (C=O) groups is 3. The lowest BCUT2D eigenvalue weighted by molar-refractivity contribution is -0.123. The normalized spacial score (nSPS) is 11.5. The Morgan fingerprint density at radius 3 is 2.68 bits per heavy atom. The minimum atomic E-state index is -1.05. The first-order valence-electron chi connectivity index (χ1n) is 8.00. The van der Waals surface area contributed by atoms with Crippen LogP contribution in [0.25, 0.3) is 0 Å². The summed E-state index contributed by atoms with van der Waals surface area (Å²) in [6.45, 7) is 1.44. The van der Waals surface area contributed by atoms with Crippen LogP contribution in [-0.4, -0.2) is 28.9 Å². The molecule has 0 aromatic carbocycles. The highest BCUT2D eigenvalue weighted by atomic mass is 35.5. The number of pyridine rings is 1. The summed E-state index contributed by atoms with van der Waals surface area (Å²) < 4.78 is 10.2. The Labute approximate surface area is 168 Å². The summed E-state index contributed by atoms with van der Waals surface area (Å²) in [5.74, 6) is -1.22. The minimum absolute atomic E-state index is 0.152. The molecule has 0 aliphatic rings. The van der Waals surface area contributed by atoms with Gasteiger partial charge in [0.2, 0.25) is 0 Å². The average Bonchev–Trinajstić information content (AvgIpc) is 3.35. The molecule has 28 heavy (non-hydrogen) atoms. The Kier molecular flexibility index (Phi) is 6.07. The van der Waals surface area contributed by atoms with Crippen LogP contribution in [0.2, 0.25) is 5.02 Å². The van der Waals surface area contributed by atoms with Gasteiger partial charge in [0, 0.05) is 6.20 Å². The van der Waals surface area contributed by atoms with Crippen molar-refractivity contribution in [2.24, 2.45) is 0 Å². The number of anilines is 2. The molecule has 144 valence electrons. The van der Waals surface area contributed by atoms with Crippen molar-refractivity contribution in [1.82, 2.24) is 4.98 Å². The second-order valence-corrected chi connectivity index (χ2v) is 7.01. The third-order valence-corrected chi connectivity index (χ3v) is 4.62. The summed E-state index contributed by atoms with van der Waals surface area (Å²) in [4.78, 5) is 40.5. The zero-order chi connectivity index (χ0) is 20.1. The van der Waals surface area contributed by atoms with E-state index in [0.29, 0.717) is 10.0 Å². The van der Waals surface area contributed by atoms with E-state index in [0.717, 1.165) is 11.3 Å². The lowest BCUT2D eigenvalue weighted by Crippen LogP contribution is -2.30. The Morgan fingerprint density at radius 2 is 2.00 bits per heavy atom. The fraction of sp³-hybridized carbons (Fsp3) is 0.111. The van der Waals surface area contributed by atoms with Crippen molar-refractivity contribution in [3.05, 3.63) is 64.5 Å². The van der Waals surface area contributed by atoms with Crippen LogP contribution < -0.4 is 10.6 Å². The highest BCUT2D eigenvalue weighted by Crippen LogP contribution is 2.24.